The second-order valence-electron chi connectivity index (χ2n) is 5.08. The van der Waals surface area contributed by atoms with Crippen molar-refractivity contribution in [2.75, 3.05) is 5.73 Å². The Hall–Kier alpha value is -3.02. The lowest BCUT2D eigenvalue weighted by atomic mass is 10.2. The standard InChI is InChI=1S/C16H17N5O/c1-10-2-5-15(22)13(19-10)9-21-14-8-11(6-7-17)3-4-12(14)20-16(21)18/h2-8,22H,9,17H2,1H3,(H2,18,20)/b7-6+. The van der Waals surface area contributed by atoms with E-state index in [2.05, 4.69) is 9.97 Å². The normalized spacial score (nSPS) is 11.5. The van der Waals surface area contributed by atoms with E-state index < -0.39 is 0 Å². The topological polar surface area (TPSA) is 103 Å². The van der Waals surface area contributed by atoms with Crippen molar-refractivity contribution in [2.24, 2.45) is 5.73 Å². The molecule has 0 bridgehead atoms. The molecule has 0 atom stereocenters. The minimum absolute atomic E-state index is 0.143. The summed E-state index contributed by atoms with van der Waals surface area (Å²) in [7, 11) is 0. The first-order valence-corrected chi connectivity index (χ1v) is 6.88. The summed E-state index contributed by atoms with van der Waals surface area (Å²) in [5.41, 5.74) is 15.5. The van der Waals surface area contributed by atoms with Crippen LogP contribution in [0.1, 0.15) is 17.0 Å². The molecule has 0 amide bonds. The summed E-state index contributed by atoms with van der Waals surface area (Å²) >= 11 is 0. The van der Waals surface area contributed by atoms with E-state index >= 15 is 0 Å². The van der Waals surface area contributed by atoms with Crippen LogP contribution in [0.2, 0.25) is 0 Å². The minimum Gasteiger partial charge on any atom is -0.506 e. The third-order valence-electron chi connectivity index (χ3n) is 3.49. The number of hydrogen-bond donors (Lipinski definition) is 3. The molecule has 0 aliphatic rings. The number of anilines is 1. The number of aryl methyl sites for hydroxylation is 1. The number of nitrogen functional groups attached to an aromatic ring is 1. The van der Waals surface area contributed by atoms with Crippen molar-refractivity contribution < 1.29 is 5.11 Å². The summed E-state index contributed by atoms with van der Waals surface area (Å²) < 4.78 is 1.82. The molecule has 0 aliphatic heterocycles. The van der Waals surface area contributed by atoms with E-state index in [0.29, 0.717) is 18.2 Å². The van der Waals surface area contributed by atoms with Gasteiger partial charge in [-0.25, -0.2) is 4.98 Å². The number of fused-ring (bicyclic) bond motifs is 1. The average Bonchev–Trinajstić information content (AvgIpc) is 2.79. The second kappa shape index (κ2) is 5.40. The summed E-state index contributed by atoms with van der Waals surface area (Å²) in [6.07, 6.45) is 3.29. The maximum Gasteiger partial charge on any atom is 0.201 e. The first-order chi connectivity index (χ1) is 10.6. The van der Waals surface area contributed by atoms with Gasteiger partial charge in [0.1, 0.15) is 11.4 Å². The van der Waals surface area contributed by atoms with E-state index in [4.69, 9.17) is 11.5 Å². The van der Waals surface area contributed by atoms with Gasteiger partial charge in [-0.05, 0) is 49.0 Å². The molecule has 0 fully saturated rings. The average molecular weight is 295 g/mol. The number of hydrogen-bond acceptors (Lipinski definition) is 5. The third-order valence-corrected chi connectivity index (χ3v) is 3.49. The van der Waals surface area contributed by atoms with Gasteiger partial charge in [-0.3, -0.25) is 4.98 Å². The van der Waals surface area contributed by atoms with Crippen LogP contribution in [0.3, 0.4) is 0 Å². The van der Waals surface area contributed by atoms with Crippen molar-refractivity contribution >= 4 is 23.1 Å². The van der Waals surface area contributed by atoms with Crippen LogP contribution in [0.25, 0.3) is 17.1 Å². The molecule has 112 valence electrons. The zero-order valence-corrected chi connectivity index (χ0v) is 12.2. The lowest BCUT2D eigenvalue weighted by Gasteiger charge is -2.09. The summed E-state index contributed by atoms with van der Waals surface area (Å²) in [5.74, 6) is 0.524. The number of aromatic nitrogens is 3. The Bertz CT molecular complexity index is 866. The molecule has 2 heterocycles. The SMILES string of the molecule is Cc1ccc(O)c(Cn2c(N)nc3ccc(/C=C/N)cc32)n1. The Labute approximate surface area is 127 Å². The Morgan fingerprint density at radius 3 is 2.82 bits per heavy atom. The number of pyridine rings is 1. The lowest BCUT2D eigenvalue weighted by molar-refractivity contribution is 0.461. The van der Waals surface area contributed by atoms with Crippen LogP contribution < -0.4 is 11.5 Å². The monoisotopic (exact) mass is 295 g/mol. The molecule has 22 heavy (non-hydrogen) atoms. The fourth-order valence-electron chi connectivity index (χ4n) is 2.41. The highest BCUT2D eigenvalue weighted by Crippen LogP contribution is 2.23. The molecule has 2 aromatic heterocycles. The van der Waals surface area contributed by atoms with Crippen molar-refractivity contribution in [3.8, 4) is 5.75 Å². The number of rotatable bonds is 3. The van der Waals surface area contributed by atoms with E-state index in [9.17, 15) is 5.11 Å². The first kappa shape index (κ1) is 13.9. The number of imidazole rings is 1. The van der Waals surface area contributed by atoms with Gasteiger partial charge in [0.05, 0.1) is 17.6 Å². The Morgan fingerprint density at radius 1 is 1.23 bits per heavy atom. The molecular weight excluding hydrogens is 278 g/mol. The highest BCUT2D eigenvalue weighted by atomic mass is 16.3. The largest absolute Gasteiger partial charge is 0.506 e. The van der Waals surface area contributed by atoms with Crippen molar-refractivity contribution in [2.45, 2.75) is 13.5 Å². The molecule has 0 unspecified atom stereocenters. The van der Waals surface area contributed by atoms with Gasteiger partial charge < -0.3 is 21.1 Å². The van der Waals surface area contributed by atoms with Gasteiger partial charge in [0, 0.05) is 5.69 Å². The number of nitrogens with two attached hydrogens (primary N) is 2. The molecule has 0 radical (unpaired) electrons. The molecule has 0 spiro atoms. The van der Waals surface area contributed by atoms with E-state index in [1.807, 2.05) is 29.7 Å². The van der Waals surface area contributed by atoms with Crippen molar-refractivity contribution in [3.63, 3.8) is 0 Å². The van der Waals surface area contributed by atoms with Crippen LogP contribution in [0.5, 0.6) is 5.75 Å². The van der Waals surface area contributed by atoms with Crippen molar-refractivity contribution in [1.82, 2.24) is 14.5 Å². The molecule has 6 heteroatoms. The maximum absolute atomic E-state index is 9.97. The molecule has 0 aliphatic carbocycles. The lowest BCUT2D eigenvalue weighted by Crippen LogP contribution is -2.06. The molecule has 1 aromatic carbocycles. The number of nitrogens with zero attached hydrogens (tertiary/aromatic N) is 3. The predicted octanol–water partition coefficient (Wildman–Crippen LogP) is 2.01. The highest BCUT2D eigenvalue weighted by Gasteiger charge is 2.12. The Balaban J connectivity index is 2.11. The summed E-state index contributed by atoms with van der Waals surface area (Å²) in [4.78, 5) is 8.70. The van der Waals surface area contributed by atoms with Crippen LogP contribution in [0, 0.1) is 6.92 Å². The molecule has 0 saturated carbocycles. The minimum atomic E-state index is 0.143. The molecule has 6 nitrogen and oxygen atoms in total. The van der Waals surface area contributed by atoms with Crippen LogP contribution in [-0.4, -0.2) is 19.6 Å². The predicted molar refractivity (Wildman–Crippen MR) is 87.1 cm³/mol. The van der Waals surface area contributed by atoms with Gasteiger partial charge in [0.15, 0.2) is 0 Å². The van der Waals surface area contributed by atoms with Crippen molar-refractivity contribution in [1.29, 1.82) is 0 Å². The van der Waals surface area contributed by atoms with Crippen LogP contribution in [0.15, 0.2) is 36.5 Å². The number of benzene rings is 1. The first-order valence-electron chi connectivity index (χ1n) is 6.88. The third kappa shape index (κ3) is 2.46. The summed E-state index contributed by atoms with van der Waals surface area (Å²) in [5, 5.41) is 9.97. The molecule has 0 saturated heterocycles. The second-order valence-corrected chi connectivity index (χ2v) is 5.08. The van der Waals surface area contributed by atoms with Gasteiger partial charge in [-0.15, -0.1) is 0 Å². The molecule has 3 rings (SSSR count). The van der Waals surface area contributed by atoms with E-state index in [1.54, 1.807) is 18.2 Å². The van der Waals surface area contributed by atoms with E-state index in [1.165, 1.54) is 6.20 Å². The van der Waals surface area contributed by atoms with E-state index in [-0.39, 0.29) is 5.75 Å². The fourth-order valence-corrected chi connectivity index (χ4v) is 2.41. The highest BCUT2D eigenvalue weighted by molar-refractivity contribution is 5.81. The van der Waals surface area contributed by atoms with Crippen molar-refractivity contribution in [3.05, 3.63) is 53.5 Å². The Kier molecular flexibility index (Phi) is 3.42. The Morgan fingerprint density at radius 2 is 2.05 bits per heavy atom. The number of aromatic hydroxyl groups is 1. The van der Waals surface area contributed by atoms with Gasteiger partial charge in [0.2, 0.25) is 5.95 Å². The zero-order valence-electron chi connectivity index (χ0n) is 12.2. The summed E-state index contributed by atoms with van der Waals surface area (Å²) in [6.45, 7) is 2.23. The van der Waals surface area contributed by atoms with E-state index in [0.717, 1.165) is 22.3 Å². The van der Waals surface area contributed by atoms with Gasteiger partial charge in [-0.2, -0.15) is 0 Å². The molecule has 3 aromatic rings. The van der Waals surface area contributed by atoms with Crippen LogP contribution in [-0.2, 0) is 6.54 Å². The molecule has 5 N–H and O–H groups in total. The van der Waals surface area contributed by atoms with Crippen LogP contribution in [0.4, 0.5) is 5.95 Å². The zero-order chi connectivity index (χ0) is 15.7. The smallest absolute Gasteiger partial charge is 0.201 e. The summed E-state index contributed by atoms with van der Waals surface area (Å²) in [6, 6.07) is 9.16. The van der Waals surface area contributed by atoms with Gasteiger partial charge in [0.25, 0.3) is 0 Å². The maximum atomic E-state index is 9.97. The molecular formula is C16H17N5O. The fraction of sp³-hybridized carbons (Fsp3) is 0.125. The quantitative estimate of drug-likeness (QED) is 0.685. The van der Waals surface area contributed by atoms with Gasteiger partial charge in [-0.1, -0.05) is 6.07 Å². The van der Waals surface area contributed by atoms with Gasteiger partial charge >= 0.3 is 0 Å². The van der Waals surface area contributed by atoms with Crippen LogP contribution >= 0.6 is 0 Å².